The first-order chi connectivity index (χ1) is 12.9. The van der Waals surface area contributed by atoms with Gasteiger partial charge >= 0.3 is 5.97 Å². The third kappa shape index (κ3) is 3.11. The number of esters is 1. The van der Waals surface area contributed by atoms with E-state index >= 15 is 0 Å². The van der Waals surface area contributed by atoms with E-state index in [0.29, 0.717) is 5.75 Å². The smallest absolute Gasteiger partial charge is 0.315 e. The summed E-state index contributed by atoms with van der Waals surface area (Å²) in [6, 6.07) is 15.2. The number of ether oxygens (including phenoxy) is 2. The molecule has 1 aliphatic carbocycles. The van der Waals surface area contributed by atoms with Crippen molar-refractivity contribution < 1.29 is 22.7 Å². The first-order valence-corrected chi connectivity index (χ1v) is 10.3. The summed E-state index contributed by atoms with van der Waals surface area (Å²) in [5.41, 5.74) is 5.39. The van der Waals surface area contributed by atoms with Crippen LogP contribution in [0.15, 0.2) is 59.5 Å². The molecule has 7 heteroatoms. The SMILES string of the molecule is CCOC(=O)[C@@]1(CN)[C@H](S(=O)(=O)c2ccccc2)[C@@H]1c1ccc(OC)cc1. The molecule has 144 valence electrons. The zero-order valence-corrected chi connectivity index (χ0v) is 16.1. The summed E-state index contributed by atoms with van der Waals surface area (Å²) in [5, 5.41) is -0.968. The number of nitrogens with two attached hydrogens (primary N) is 1. The molecule has 3 atom stereocenters. The third-order valence-corrected chi connectivity index (χ3v) is 7.42. The molecule has 0 spiro atoms. The fourth-order valence-electron chi connectivity index (χ4n) is 3.74. The molecule has 0 amide bonds. The van der Waals surface area contributed by atoms with Crippen molar-refractivity contribution in [3.63, 3.8) is 0 Å². The van der Waals surface area contributed by atoms with Crippen molar-refractivity contribution in [1.29, 1.82) is 0 Å². The van der Waals surface area contributed by atoms with E-state index in [1.807, 2.05) is 0 Å². The molecule has 0 aromatic heterocycles. The number of rotatable bonds is 7. The lowest BCUT2D eigenvalue weighted by molar-refractivity contribution is -0.149. The molecule has 0 bridgehead atoms. The van der Waals surface area contributed by atoms with Crippen molar-refractivity contribution >= 4 is 15.8 Å². The van der Waals surface area contributed by atoms with Crippen LogP contribution in [0, 0.1) is 5.41 Å². The lowest BCUT2D eigenvalue weighted by atomic mass is 9.99. The predicted molar refractivity (Wildman–Crippen MR) is 101 cm³/mol. The fourth-order valence-corrected chi connectivity index (χ4v) is 6.14. The molecule has 0 heterocycles. The molecule has 1 saturated carbocycles. The second-order valence-electron chi connectivity index (χ2n) is 6.49. The lowest BCUT2D eigenvalue weighted by Gasteiger charge is -2.14. The first kappa shape index (κ1) is 19.4. The van der Waals surface area contributed by atoms with E-state index in [1.54, 1.807) is 56.5 Å². The normalized spacial score (nSPS) is 24.3. The zero-order chi connectivity index (χ0) is 19.7. The highest BCUT2D eigenvalue weighted by molar-refractivity contribution is 7.92. The van der Waals surface area contributed by atoms with Crippen LogP contribution in [0.5, 0.6) is 5.75 Å². The van der Waals surface area contributed by atoms with Crippen LogP contribution in [-0.4, -0.2) is 39.9 Å². The van der Waals surface area contributed by atoms with Crippen LogP contribution in [0.1, 0.15) is 18.4 Å². The second kappa shape index (κ2) is 7.32. The minimum absolute atomic E-state index is 0.112. The van der Waals surface area contributed by atoms with Gasteiger partial charge in [0.2, 0.25) is 0 Å². The van der Waals surface area contributed by atoms with Gasteiger partial charge in [0.05, 0.1) is 23.9 Å². The van der Waals surface area contributed by atoms with Gasteiger partial charge in [-0.2, -0.15) is 0 Å². The molecule has 0 saturated heterocycles. The minimum Gasteiger partial charge on any atom is -0.497 e. The van der Waals surface area contributed by atoms with E-state index in [2.05, 4.69) is 0 Å². The van der Waals surface area contributed by atoms with E-state index in [0.717, 1.165) is 5.56 Å². The Hall–Kier alpha value is -2.38. The van der Waals surface area contributed by atoms with E-state index in [4.69, 9.17) is 15.2 Å². The van der Waals surface area contributed by atoms with Crippen molar-refractivity contribution in [2.24, 2.45) is 11.1 Å². The second-order valence-corrected chi connectivity index (χ2v) is 8.56. The van der Waals surface area contributed by atoms with Crippen molar-refractivity contribution in [2.45, 2.75) is 23.0 Å². The summed E-state index contributed by atoms with van der Waals surface area (Å²) < 4.78 is 37.0. The van der Waals surface area contributed by atoms with Crippen LogP contribution < -0.4 is 10.5 Å². The van der Waals surface area contributed by atoms with Crippen LogP contribution in [0.3, 0.4) is 0 Å². The monoisotopic (exact) mass is 389 g/mol. The molecule has 6 nitrogen and oxygen atoms in total. The van der Waals surface area contributed by atoms with Crippen LogP contribution in [0.25, 0.3) is 0 Å². The molecular weight excluding hydrogens is 366 g/mol. The van der Waals surface area contributed by atoms with Crippen molar-refractivity contribution in [3.05, 3.63) is 60.2 Å². The van der Waals surface area contributed by atoms with E-state index in [-0.39, 0.29) is 18.0 Å². The van der Waals surface area contributed by atoms with Gasteiger partial charge in [-0.25, -0.2) is 8.42 Å². The maximum Gasteiger partial charge on any atom is 0.315 e. The molecule has 2 aromatic carbocycles. The molecule has 0 radical (unpaired) electrons. The number of sulfone groups is 1. The Morgan fingerprint density at radius 3 is 2.26 bits per heavy atom. The highest BCUT2D eigenvalue weighted by Gasteiger charge is 2.75. The Bertz CT molecular complexity index is 911. The summed E-state index contributed by atoms with van der Waals surface area (Å²) in [6.45, 7) is 1.74. The van der Waals surface area contributed by atoms with Gasteiger partial charge in [-0.1, -0.05) is 30.3 Å². The van der Waals surface area contributed by atoms with Gasteiger partial charge in [-0.15, -0.1) is 0 Å². The molecule has 0 aliphatic heterocycles. The Morgan fingerprint density at radius 1 is 1.11 bits per heavy atom. The van der Waals surface area contributed by atoms with Crippen molar-refractivity contribution in [1.82, 2.24) is 0 Å². The Labute approximate surface area is 159 Å². The van der Waals surface area contributed by atoms with Gasteiger partial charge in [-0.05, 0) is 36.8 Å². The van der Waals surface area contributed by atoms with Gasteiger partial charge in [0.15, 0.2) is 9.84 Å². The Balaban J connectivity index is 2.09. The van der Waals surface area contributed by atoms with Crippen molar-refractivity contribution in [3.8, 4) is 5.75 Å². The predicted octanol–water partition coefficient (Wildman–Crippen LogP) is 2.14. The van der Waals surface area contributed by atoms with Gasteiger partial charge in [-0.3, -0.25) is 4.79 Å². The highest BCUT2D eigenvalue weighted by Crippen LogP contribution is 2.64. The average molecular weight is 389 g/mol. The molecule has 2 aromatic rings. The van der Waals surface area contributed by atoms with Crippen LogP contribution in [0.2, 0.25) is 0 Å². The summed E-state index contributed by atoms with van der Waals surface area (Å²) in [7, 11) is -2.22. The standard InChI is InChI=1S/C20H23NO5S/c1-3-26-19(22)20(13-21)17(14-9-11-15(25-2)12-10-14)18(20)27(23,24)16-7-5-4-6-8-16/h4-12,17-18H,3,13,21H2,1-2H3/t17-,18+,20+/m0/s1. The number of benzene rings is 2. The van der Waals surface area contributed by atoms with E-state index in [9.17, 15) is 13.2 Å². The minimum atomic E-state index is -3.77. The highest BCUT2D eigenvalue weighted by atomic mass is 32.2. The van der Waals surface area contributed by atoms with Crippen LogP contribution in [-0.2, 0) is 19.4 Å². The largest absolute Gasteiger partial charge is 0.497 e. The van der Waals surface area contributed by atoms with Gasteiger partial charge in [0.1, 0.15) is 11.2 Å². The molecule has 1 aliphatic rings. The quantitative estimate of drug-likeness (QED) is 0.729. The maximum atomic E-state index is 13.3. The first-order valence-electron chi connectivity index (χ1n) is 8.73. The number of methoxy groups -OCH3 is 1. The topological polar surface area (TPSA) is 95.7 Å². The van der Waals surface area contributed by atoms with Gasteiger partial charge in [0.25, 0.3) is 0 Å². The molecule has 3 rings (SSSR count). The Morgan fingerprint density at radius 2 is 1.74 bits per heavy atom. The lowest BCUT2D eigenvalue weighted by Crippen LogP contribution is -2.33. The number of hydrogen-bond acceptors (Lipinski definition) is 6. The summed E-state index contributed by atoms with van der Waals surface area (Å²) in [6.07, 6.45) is 0. The maximum absolute atomic E-state index is 13.3. The van der Waals surface area contributed by atoms with E-state index < -0.39 is 32.4 Å². The van der Waals surface area contributed by atoms with Crippen LogP contribution >= 0.6 is 0 Å². The number of hydrogen-bond donors (Lipinski definition) is 1. The number of carbonyl (C=O) groups excluding carboxylic acids is 1. The molecule has 0 unspecified atom stereocenters. The van der Waals surface area contributed by atoms with Crippen LogP contribution in [0.4, 0.5) is 0 Å². The summed E-state index contributed by atoms with van der Waals surface area (Å²) in [5.74, 6) is -0.494. The summed E-state index contributed by atoms with van der Waals surface area (Å²) in [4.78, 5) is 12.9. The van der Waals surface area contributed by atoms with Gasteiger partial charge in [0, 0.05) is 12.5 Å². The average Bonchev–Trinajstić information content (AvgIpc) is 3.40. The molecular formula is C20H23NO5S. The zero-order valence-electron chi connectivity index (χ0n) is 15.3. The van der Waals surface area contributed by atoms with E-state index in [1.165, 1.54) is 12.1 Å². The van der Waals surface area contributed by atoms with Crippen molar-refractivity contribution in [2.75, 3.05) is 20.3 Å². The Kier molecular flexibility index (Phi) is 5.26. The number of carbonyl (C=O) groups is 1. The van der Waals surface area contributed by atoms with Gasteiger partial charge < -0.3 is 15.2 Å². The fraction of sp³-hybridized carbons (Fsp3) is 0.350. The molecule has 2 N–H and O–H groups in total. The molecule has 27 heavy (non-hydrogen) atoms. The third-order valence-electron chi connectivity index (χ3n) is 5.13. The summed E-state index contributed by atoms with van der Waals surface area (Å²) >= 11 is 0. The molecule has 1 fully saturated rings.